The van der Waals surface area contributed by atoms with Crippen molar-refractivity contribution in [2.45, 2.75) is 97.5 Å². The van der Waals surface area contributed by atoms with Crippen LogP contribution in [-0.2, 0) is 20.7 Å². The van der Waals surface area contributed by atoms with Gasteiger partial charge in [0, 0.05) is 12.1 Å². The van der Waals surface area contributed by atoms with E-state index in [0.717, 1.165) is 18.4 Å². The molecule has 1 aromatic carbocycles. The monoisotopic (exact) mass is 505 g/mol. The molecular formula is C27H43N3O4S. The Kier molecular flexibility index (Phi) is 10.5. The average molecular weight is 506 g/mol. The van der Waals surface area contributed by atoms with Gasteiger partial charge in [-0.05, 0) is 82.9 Å². The van der Waals surface area contributed by atoms with Crippen LogP contribution in [0.15, 0.2) is 24.3 Å². The maximum atomic E-state index is 14.1. The van der Waals surface area contributed by atoms with E-state index < -0.39 is 23.8 Å². The fourth-order valence-electron chi connectivity index (χ4n) is 4.03. The number of nitrogens with one attached hydrogen (secondary N) is 2. The summed E-state index contributed by atoms with van der Waals surface area (Å²) in [7, 11) is 0. The lowest BCUT2D eigenvalue weighted by Crippen LogP contribution is -2.54. The van der Waals surface area contributed by atoms with Gasteiger partial charge in [0.1, 0.15) is 17.7 Å². The smallest absolute Gasteiger partial charge is 0.408 e. The molecular weight excluding hydrogens is 462 g/mol. The molecule has 0 radical (unpaired) electrons. The summed E-state index contributed by atoms with van der Waals surface area (Å²) < 4.78 is 5.44. The van der Waals surface area contributed by atoms with Gasteiger partial charge in [-0.15, -0.1) is 0 Å². The van der Waals surface area contributed by atoms with Crippen molar-refractivity contribution in [2.75, 3.05) is 12.0 Å². The molecule has 1 fully saturated rings. The van der Waals surface area contributed by atoms with Crippen molar-refractivity contribution < 1.29 is 19.1 Å². The number of alkyl carbamates (subject to hydrolysis) is 1. The van der Waals surface area contributed by atoms with Gasteiger partial charge in [-0.3, -0.25) is 9.59 Å². The molecule has 0 aromatic heterocycles. The Balaban J connectivity index is 2.46. The minimum atomic E-state index is -0.783. The van der Waals surface area contributed by atoms with E-state index in [-0.39, 0.29) is 29.8 Å². The van der Waals surface area contributed by atoms with E-state index in [9.17, 15) is 14.4 Å². The van der Waals surface area contributed by atoms with Gasteiger partial charge in [-0.1, -0.05) is 38.1 Å². The molecule has 0 spiro atoms. The van der Waals surface area contributed by atoms with Crippen LogP contribution in [0, 0.1) is 5.92 Å². The fraction of sp³-hybridized carbons (Fsp3) is 0.667. The molecule has 4 atom stereocenters. The molecule has 4 unspecified atom stereocenters. The lowest BCUT2D eigenvalue weighted by molar-refractivity contribution is -0.143. The second kappa shape index (κ2) is 12.7. The van der Waals surface area contributed by atoms with E-state index in [1.165, 1.54) is 5.56 Å². The van der Waals surface area contributed by atoms with Crippen molar-refractivity contribution in [3.63, 3.8) is 0 Å². The lowest BCUT2D eigenvalue weighted by Gasteiger charge is -2.35. The number of thioether (sulfide) groups is 1. The molecule has 0 saturated heterocycles. The van der Waals surface area contributed by atoms with E-state index in [4.69, 9.17) is 4.74 Å². The van der Waals surface area contributed by atoms with Crippen LogP contribution in [0.2, 0.25) is 0 Å². The molecule has 1 aliphatic rings. The average Bonchev–Trinajstić information content (AvgIpc) is 3.48. The third-order valence-electron chi connectivity index (χ3n) is 5.94. The fourth-order valence-corrected chi connectivity index (χ4v) is 4.50. The summed E-state index contributed by atoms with van der Waals surface area (Å²) in [6.45, 7) is 13.3. The zero-order valence-electron chi connectivity index (χ0n) is 22.5. The van der Waals surface area contributed by atoms with Gasteiger partial charge in [-0.25, -0.2) is 4.79 Å². The first-order valence-electron chi connectivity index (χ1n) is 12.6. The minimum absolute atomic E-state index is 0.0616. The van der Waals surface area contributed by atoms with Gasteiger partial charge in [0.15, 0.2) is 0 Å². The third kappa shape index (κ3) is 8.74. The van der Waals surface area contributed by atoms with Crippen molar-refractivity contribution in [3.8, 4) is 0 Å². The zero-order valence-corrected chi connectivity index (χ0v) is 23.3. The van der Waals surface area contributed by atoms with Crippen LogP contribution in [0.3, 0.4) is 0 Å². The molecule has 7 nitrogen and oxygen atoms in total. The number of benzene rings is 1. The Morgan fingerprint density at radius 1 is 1.14 bits per heavy atom. The maximum absolute atomic E-state index is 14.1. The number of hydrogen-bond donors (Lipinski definition) is 2. The first-order chi connectivity index (χ1) is 16.4. The number of rotatable bonds is 11. The molecule has 2 rings (SSSR count). The number of amides is 3. The summed E-state index contributed by atoms with van der Waals surface area (Å²) in [6, 6.07) is 6.21. The Morgan fingerprint density at radius 3 is 2.20 bits per heavy atom. The molecule has 1 aliphatic carbocycles. The molecule has 196 valence electrons. The van der Waals surface area contributed by atoms with Crippen LogP contribution in [0.4, 0.5) is 4.79 Å². The molecule has 2 N–H and O–H groups in total. The van der Waals surface area contributed by atoms with E-state index >= 15 is 0 Å². The zero-order chi connectivity index (χ0) is 26.3. The van der Waals surface area contributed by atoms with E-state index in [2.05, 4.69) is 24.5 Å². The number of nitrogens with zero attached hydrogens (tertiary/aromatic N) is 1. The summed E-state index contributed by atoms with van der Waals surface area (Å²) in [6.07, 6.45) is 3.50. The number of carbonyl (C=O) groups is 3. The number of hydrogen-bond acceptors (Lipinski definition) is 5. The van der Waals surface area contributed by atoms with Crippen LogP contribution < -0.4 is 10.6 Å². The molecule has 35 heavy (non-hydrogen) atoms. The Bertz CT molecular complexity index is 866. The van der Waals surface area contributed by atoms with Crippen molar-refractivity contribution in [2.24, 2.45) is 5.92 Å². The predicted octanol–water partition coefficient (Wildman–Crippen LogP) is 4.70. The predicted molar refractivity (Wildman–Crippen MR) is 142 cm³/mol. The van der Waals surface area contributed by atoms with Crippen LogP contribution in [0.25, 0.3) is 0 Å². The summed E-state index contributed by atoms with van der Waals surface area (Å²) in [5.41, 5.74) is 1.26. The molecule has 1 saturated carbocycles. The summed E-state index contributed by atoms with van der Waals surface area (Å²) >= 11 is 1.61. The van der Waals surface area contributed by atoms with E-state index in [1.807, 2.05) is 44.4 Å². The quantitative estimate of drug-likeness (QED) is 0.455. The summed E-state index contributed by atoms with van der Waals surface area (Å²) in [5, 5.41) is 5.80. The van der Waals surface area contributed by atoms with Gasteiger partial charge in [0.2, 0.25) is 11.8 Å². The first kappa shape index (κ1) is 29.0. The normalized spacial score (nSPS) is 19.0. The van der Waals surface area contributed by atoms with Crippen LogP contribution in [0.1, 0.15) is 78.5 Å². The highest BCUT2D eigenvalue weighted by molar-refractivity contribution is 7.98. The molecule has 0 bridgehead atoms. The van der Waals surface area contributed by atoms with Gasteiger partial charge in [0.05, 0.1) is 0 Å². The number of aryl methyl sites for hydroxylation is 1. The number of carbonyl (C=O) groups excluding carboxylic acids is 3. The van der Waals surface area contributed by atoms with Gasteiger partial charge < -0.3 is 20.3 Å². The first-order valence-corrected chi connectivity index (χ1v) is 14.0. The number of ether oxygens (including phenoxy) is 1. The minimum Gasteiger partial charge on any atom is -0.444 e. The summed E-state index contributed by atoms with van der Waals surface area (Å²) in [4.78, 5) is 41.9. The standard InChI is InChI=1S/C27H43N3O4S/c1-9-19-10-12-20(13-11-19)23(24(31)28-17(2)3)30(22-16-18(22)4)25(32)21(14-15-35-8)29-26(33)34-27(5,6)7/h10-13,17-18,21-23H,9,14-16H2,1-8H3,(H,28,31)(H,29,33). The van der Waals surface area contributed by atoms with Crippen LogP contribution in [0.5, 0.6) is 0 Å². The largest absolute Gasteiger partial charge is 0.444 e. The highest BCUT2D eigenvalue weighted by atomic mass is 32.2. The summed E-state index contributed by atoms with van der Waals surface area (Å²) in [5.74, 6) is 0.514. The van der Waals surface area contributed by atoms with Crippen molar-refractivity contribution >= 4 is 29.7 Å². The molecule has 0 aliphatic heterocycles. The highest BCUT2D eigenvalue weighted by Gasteiger charge is 2.48. The topological polar surface area (TPSA) is 87.7 Å². The van der Waals surface area contributed by atoms with Crippen LogP contribution in [-0.4, -0.2) is 58.5 Å². The second-order valence-corrected chi connectivity index (χ2v) is 11.7. The van der Waals surface area contributed by atoms with E-state index in [0.29, 0.717) is 12.2 Å². The van der Waals surface area contributed by atoms with Crippen molar-refractivity contribution in [1.29, 1.82) is 0 Å². The molecule has 3 amide bonds. The lowest BCUT2D eigenvalue weighted by atomic mass is 9.99. The van der Waals surface area contributed by atoms with Gasteiger partial charge in [0.25, 0.3) is 0 Å². The highest BCUT2D eigenvalue weighted by Crippen LogP contribution is 2.41. The third-order valence-corrected chi connectivity index (χ3v) is 6.58. The Morgan fingerprint density at radius 2 is 1.74 bits per heavy atom. The Hall–Kier alpha value is -2.22. The van der Waals surface area contributed by atoms with Crippen molar-refractivity contribution in [3.05, 3.63) is 35.4 Å². The molecule has 8 heteroatoms. The SMILES string of the molecule is CCc1ccc(C(C(=O)NC(C)C)N(C(=O)C(CCSC)NC(=O)OC(C)(C)C)C2CC2C)cc1. The van der Waals surface area contributed by atoms with E-state index in [1.54, 1.807) is 37.4 Å². The van der Waals surface area contributed by atoms with Crippen LogP contribution >= 0.6 is 11.8 Å². The maximum Gasteiger partial charge on any atom is 0.408 e. The van der Waals surface area contributed by atoms with Gasteiger partial charge >= 0.3 is 6.09 Å². The molecule has 1 aromatic rings. The van der Waals surface area contributed by atoms with Crippen molar-refractivity contribution in [1.82, 2.24) is 15.5 Å². The Labute approximate surface area is 215 Å². The molecule has 0 heterocycles. The van der Waals surface area contributed by atoms with Gasteiger partial charge in [-0.2, -0.15) is 11.8 Å². The second-order valence-electron chi connectivity index (χ2n) is 10.7.